The molecule has 3 heteroatoms. The summed E-state index contributed by atoms with van der Waals surface area (Å²) in [4.78, 5) is 0. The van der Waals surface area contributed by atoms with Crippen LogP contribution >= 0.6 is 12.4 Å². The molecule has 0 unspecified atom stereocenters. The van der Waals surface area contributed by atoms with Gasteiger partial charge in [0.1, 0.15) is 12.4 Å². The van der Waals surface area contributed by atoms with Gasteiger partial charge in [-0.15, -0.1) is 12.4 Å². The van der Waals surface area contributed by atoms with E-state index in [2.05, 4.69) is 68.4 Å². The van der Waals surface area contributed by atoms with E-state index >= 15 is 0 Å². The van der Waals surface area contributed by atoms with E-state index in [4.69, 9.17) is 10.5 Å². The fraction of sp³-hybridized carbons (Fsp3) is 0.250. The van der Waals surface area contributed by atoms with E-state index < -0.39 is 0 Å². The highest BCUT2D eigenvalue weighted by molar-refractivity contribution is 5.85. The number of hydrogen-bond acceptors (Lipinski definition) is 2. The van der Waals surface area contributed by atoms with E-state index in [0.717, 1.165) is 28.9 Å². The monoisotopic (exact) mass is 381 g/mol. The van der Waals surface area contributed by atoms with Gasteiger partial charge >= 0.3 is 0 Å². The fourth-order valence-electron chi connectivity index (χ4n) is 3.08. The van der Waals surface area contributed by atoms with Crippen LogP contribution in [0, 0.1) is 5.92 Å². The standard InChI is InChI=1S/C24H27NO.ClH/c1-18(2)14-19-8-10-21(11-9-19)22-12-13-23(16-25)24(15-22)26-17-20-6-4-3-5-7-20;/h3-13,15,18H,14,16-17,25H2,1-2H3;1H. The maximum Gasteiger partial charge on any atom is 0.124 e. The number of rotatable bonds is 7. The first-order chi connectivity index (χ1) is 12.7. The molecule has 3 aromatic carbocycles. The van der Waals surface area contributed by atoms with Crippen LogP contribution in [0.1, 0.15) is 30.5 Å². The molecule has 0 saturated heterocycles. The molecule has 0 amide bonds. The van der Waals surface area contributed by atoms with Crippen LogP contribution in [0.5, 0.6) is 5.75 Å². The molecule has 0 bridgehead atoms. The summed E-state index contributed by atoms with van der Waals surface area (Å²) in [5.41, 5.74) is 11.8. The minimum Gasteiger partial charge on any atom is -0.489 e. The molecule has 2 N–H and O–H groups in total. The summed E-state index contributed by atoms with van der Waals surface area (Å²) in [6, 6.07) is 25.3. The summed E-state index contributed by atoms with van der Waals surface area (Å²) in [5.74, 6) is 1.53. The molecule has 27 heavy (non-hydrogen) atoms. The van der Waals surface area contributed by atoms with Crippen molar-refractivity contribution in [3.63, 3.8) is 0 Å². The van der Waals surface area contributed by atoms with E-state index in [1.54, 1.807) is 0 Å². The largest absolute Gasteiger partial charge is 0.489 e. The lowest BCUT2D eigenvalue weighted by molar-refractivity contribution is 0.303. The van der Waals surface area contributed by atoms with Gasteiger partial charge in [-0.25, -0.2) is 0 Å². The van der Waals surface area contributed by atoms with Gasteiger partial charge < -0.3 is 10.5 Å². The van der Waals surface area contributed by atoms with Crippen molar-refractivity contribution in [3.8, 4) is 16.9 Å². The predicted molar refractivity (Wildman–Crippen MR) is 116 cm³/mol. The van der Waals surface area contributed by atoms with Gasteiger partial charge in [-0.05, 0) is 40.7 Å². The van der Waals surface area contributed by atoms with Crippen LogP contribution in [0.4, 0.5) is 0 Å². The lowest BCUT2D eigenvalue weighted by atomic mass is 9.98. The highest BCUT2D eigenvalue weighted by atomic mass is 35.5. The van der Waals surface area contributed by atoms with Crippen LogP contribution in [-0.2, 0) is 19.6 Å². The number of ether oxygens (including phenoxy) is 1. The second-order valence-corrected chi connectivity index (χ2v) is 7.10. The normalized spacial score (nSPS) is 10.5. The van der Waals surface area contributed by atoms with E-state index in [1.165, 1.54) is 11.1 Å². The van der Waals surface area contributed by atoms with Gasteiger partial charge in [0.05, 0.1) is 0 Å². The molecule has 0 saturated carbocycles. The number of nitrogens with two attached hydrogens (primary N) is 1. The summed E-state index contributed by atoms with van der Waals surface area (Å²) in [6.45, 7) is 5.51. The average Bonchev–Trinajstić information content (AvgIpc) is 2.67. The SMILES string of the molecule is CC(C)Cc1ccc(-c2ccc(CN)c(OCc3ccccc3)c2)cc1.Cl. The molecule has 0 aromatic heterocycles. The van der Waals surface area contributed by atoms with E-state index in [-0.39, 0.29) is 12.4 Å². The van der Waals surface area contributed by atoms with Crippen LogP contribution in [0.25, 0.3) is 11.1 Å². The first-order valence-corrected chi connectivity index (χ1v) is 9.24. The second-order valence-electron chi connectivity index (χ2n) is 7.10. The summed E-state index contributed by atoms with van der Waals surface area (Å²) >= 11 is 0. The summed E-state index contributed by atoms with van der Waals surface area (Å²) in [5, 5.41) is 0. The quantitative estimate of drug-likeness (QED) is 0.543. The minimum atomic E-state index is 0. The summed E-state index contributed by atoms with van der Waals surface area (Å²) in [7, 11) is 0. The smallest absolute Gasteiger partial charge is 0.124 e. The van der Waals surface area contributed by atoms with Crippen LogP contribution < -0.4 is 10.5 Å². The van der Waals surface area contributed by atoms with E-state index in [9.17, 15) is 0 Å². The number of hydrogen-bond donors (Lipinski definition) is 1. The Morgan fingerprint density at radius 3 is 2.11 bits per heavy atom. The highest BCUT2D eigenvalue weighted by Gasteiger charge is 2.07. The molecule has 142 valence electrons. The number of halogens is 1. The Balaban J connectivity index is 0.00000261. The molecule has 0 aliphatic rings. The van der Waals surface area contributed by atoms with Gasteiger partial charge in [0.15, 0.2) is 0 Å². The molecule has 2 nitrogen and oxygen atoms in total. The van der Waals surface area contributed by atoms with Crippen LogP contribution in [-0.4, -0.2) is 0 Å². The Kier molecular flexibility index (Phi) is 7.90. The molecule has 0 heterocycles. The van der Waals surface area contributed by atoms with Crippen molar-refractivity contribution < 1.29 is 4.74 Å². The van der Waals surface area contributed by atoms with Crippen molar-refractivity contribution in [1.29, 1.82) is 0 Å². The zero-order valence-corrected chi connectivity index (χ0v) is 16.8. The molecular weight excluding hydrogens is 354 g/mol. The van der Waals surface area contributed by atoms with Crippen molar-refractivity contribution in [1.82, 2.24) is 0 Å². The van der Waals surface area contributed by atoms with Crippen LogP contribution in [0.3, 0.4) is 0 Å². The Hall–Kier alpha value is -2.29. The zero-order chi connectivity index (χ0) is 18.4. The highest BCUT2D eigenvalue weighted by Crippen LogP contribution is 2.28. The van der Waals surface area contributed by atoms with Crippen LogP contribution in [0.15, 0.2) is 72.8 Å². The third-order valence-corrected chi connectivity index (χ3v) is 4.46. The van der Waals surface area contributed by atoms with Crippen molar-refractivity contribution in [2.75, 3.05) is 0 Å². The molecule has 0 aliphatic carbocycles. The Morgan fingerprint density at radius 2 is 1.48 bits per heavy atom. The summed E-state index contributed by atoms with van der Waals surface area (Å²) < 4.78 is 6.07. The van der Waals surface area contributed by atoms with Gasteiger partial charge in [-0.2, -0.15) is 0 Å². The van der Waals surface area contributed by atoms with Crippen molar-refractivity contribution >= 4 is 12.4 Å². The topological polar surface area (TPSA) is 35.2 Å². The van der Waals surface area contributed by atoms with Crippen molar-refractivity contribution in [2.45, 2.75) is 33.4 Å². The second kappa shape index (κ2) is 10.1. The third kappa shape index (κ3) is 5.85. The molecule has 0 atom stereocenters. The molecule has 0 spiro atoms. The lowest BCUT2D eigenvalue weighted by Gasteiger charge is -2.13. The maximum atomic E-state index is 6.07. The predicted octanol–water partition coefficient (Wildman–Crippen LogP) is 6.01. The molecular formula is C24H28ClNO. The maximum absolute atomic E-state index is 6.07. The molecule has 3 rings (SSSR count). The third-order valence-electron chi connectivity index (χ3n) is 4.46. The van der Waals surface area contributed by atoms with Crippen molar-refractivity contribution in [2.24, 2.45) is 11.7 Å². The van der Waals surface area contributed by atoms with E-state index in [0.29, 0.717) is 19.1 Å². The molecule has 0 aliphatic heterocycles. The summed E-state index contributed by atoms with van der Waals surface area (Å²) in [6.07, 6.45) is 1.11. The fourth-order valence-corrected chi connectivity index (χ4v) is 3.08. The Labute approximate surface area is 168 Å². The lowest BCUT2D eigenvalue weighted by Crippen LogP contribution is -2.03. The first-order valence-electron chi connectivity index (χ1n) is 9.24. The Bertz CT molecular complexity index is 829. The average molecular weight is 382 g/mol. The Morgan fingerprint density at radius 1 is 0.815 bits per heavy atom. The molecule has 0 fully saturated rings. The number of benzene rings is 3. The van der Waals surface area contributed by atoms with E-state index in [1.807, 2.05) is 18.2 Å². The van der Waals surface area contributed by atoms with Gasteiger partial charge in [0, 0.05) is 12.1 Å². The van der Waals surface area contributed by atoms with Gasteiger partial charge in [-0.3, -0.25) is 0 Å². The molecule has 3 aromatic rings. The molecule has 0 radical (unpaired) electrons. The van der Waals surface area contributed by atoms with Gasteiger partial charge in [0.2, 0.25) is 0 Å². The van der Waals surface area contributed by atoms with Crippen LogP contribution in [0.2, 0.25) is 0 Å². The van der Waals surface area contributed by atoms with Crippen molar-refractivity contribution in [3.05, 3.63) is 89.5 Å². The van der Waals surface area contributed by atoms with Gasteiger partial charge in [0.25, 0.3) is 0 Å². The minimum absolute atomic E-state index is 0. The first kappa shape index (κ1) is 21.0. The zero-order valence-electron chi connectivity index (χ0n) is 16.0. The van der Waals surface area contributed by atoms with Gasteiger partial charge in [-0.1, -0.05) is 80.6 Å².